The smallest absolute Gasteiger partial charge is 0.326 e. The first-order valence-corrected chi connectivity index (χ1v) is 8.88. The third kappa shape index (κ3) is 3.17. The van der Waals surface area contributed by atoms with Gasteiger partial charge in [0.2, 0.25) is 5.91 Å². The Kier molecular flexibility index (Phi) is 3.83. The second kappa shape index (κ2) is 4.53. The van der Waals surface area contributed by atoms with Gasteiger partial charge in [0.15, 0.2) is 0 Å². The number of amides is 1. The molecule has 0 atom stereocenters. The number of nitrogens with one attached hydrogen (secondary N) is 1. The van der Waals surface area contributed by atoms with Gasteiger partial charge in [-0.25, -0.2) is 0 Å². The molecule has 1 aromatic carbocycles. The molecule has 0 fully saturated rings. The number of hydrogen-bond acceptors (Lipinski definition) is 1. The highest BCUT2D eigenvalue weighted by molar-refractivity contribution is 7.69. The molecule has 0 bridgehead atoms. The average molecular weight is 269 g/mol. The number of hydrogen-bond donors (Lipinski definition) is 1. The van der Waals surface area contributed by atoms with Crippen molar-refractivity contribution in [3.05, 3.63) is 24.3 Å². The molecule has 1 rings (SSSR count). The van der Waals surface area contributed by atoms with E-state index in [1.54, 1.807) is 24.3 Å². The lowest BCUT2D eigenvalue weighted by Gasteiger charge is -2.13. The van der Waals surface area contributed by atoms with Crippen LogP contribution in [0.5, 0.6) is 0 Å². The first-order valence-electron chi connectivity index (χ1n) is 3.85. The highest BCUT2D eigenvalue weighted by Gasteiger charge is 2.30. The fourth-order valence-corrected chi connectivity index (χ4v) is 3.25. The predicted molar refractivity (Wildman–Crippen MR) is 63.7 cm³/mol. The molecule has 6 heteroatoms. The summed E-state index contributed by atoms with van der Waals surface area (Å²) in [4.78, 5) is 10.9. The van der Waals surface area contributed by atoms with E-state index in [9.17, 15) is 4.79 Å². The molecule has 1 N–H and O–H groups in total. The Bertz CT molecular complexity index is 351. The van der Waals surface area contributed by atoms with Crippen molar-refractivity contribution >= 4 is 56.0 Å². The van der Waals surface area contributed by atoms with Crippen LogP contribution in [0, 0.1) is 0 Å². The minimum atomic E-state index is -2.94. The summed E-state index contributed by atoms with van der Waals surface area (Å²) in [5.74, 6) is -0.180. The van der Waals surface area contributed by atoms with E-state index < -0.39 is 6.00 Å². The van der Waals surface area contributed by atoms with Gasteiger partial charge in [-0.15, -0.1) is 33.2 Å². The minimum Gasteiger partial charge on any atom is -0.326 e. The summed E-state index contributed by atoms with van der Waals surface area (Å²) >= 11 is 17.6. The van der Waals surface area contributed by atoms with Crippen LogP contribution in [0.4, 0.5) is 5.69 Å². The van der Waals surface area contributed by atoms with Crippen LogP contribution in [0.3, 0.4) is 0 Å². The van der Waals surface area contributed by atoms with Gasteiger partial charge in [0.05, 0.1) is 0 Å². The molecule has 0 saturated heterocycles. The van der Waals surface area contributed by atoms with E-state index in [4.69, 9.17) is 33.2 Å². The topological polar surface area (TPSA) is 29.1 Å². The van der Waals surface area contributed by atoms with Crippen LogP contribution in [0.2, 0.25) is 0 Å². The van der Waals surface area contributed by atoms with Crippen molar-refractivity contribution in [2.75, 3.05) is 5.32 Å². The standard InChI is InChI=1S/C8H8Cl3NOSi/c1-6(13)12-7-4-2-3-5-8(7)14(9,10)11/h2-5H,1H3,(H,12,13). The minimum absolute atomic E-state index is 0.180. The van der Waals surface area contributed by atoms with E-state index in [1.807, 2.05) is 0 Å². The van der Waals surface area contributed by atoms with Gasteiger partial charge in [0.1, 0.15) is 0 Å². The van der Waals surface area contributed by atoms with Gasteiger partial charge in [-0.1, -0.05) is 18.2 Å². The van der Waals surface area contributed by atoms with Crippen LogP contribution in [0.15, 0.2) is 24.3 Å². The van der Waals surface area contributed by atoms with E-state index in [1.165, 1.54) is 6.92 Å². The molecule has 0 unspecified atom stereocenters. The van der Waals surface area contributed by atoms with Crippen LogP contribution in [0.25, 0.3) is 0 Å². The highest BCUT2D eigenvalue weighted by Crippen LogP contribution is 2.23. The fourth-order valence-electron chi connectivity index (χ4n) is 1.03. The Morgan fingerprint density at radius 1 is 1.29 bits per heavy atom. The van der Waals surface area contributed by atoms with Gasteiger partial charge in [-0.3, -0.25) is 4.79 Å². The number of rotatable bonds is 2. The molecule has 0 spiro atoms. The third-order valence-corrected chi connectivity index (χ3v) is 4.42. The Morgan fingerprint density at radius 3 is 2.36 bits per heavy atom. The van der Waals surface area contributed by atoms with Crippen molar-refractivity contribution in [1.82, 2.24) is 0 Å². The zero-order valence-electron chi connectivity index (χ0n) is 7.35. The molecule has 1 amide bonds. The van der Waals surface area contributed by atoms with Crippen molar-refractivity contribution in [1.29, 1.82) is 0 Å². The zero-order chi connectivity index (χ0) is 10.8. The Morgan fingerprint density at radius 2 is 1.86 bits per heavy atom. The molecule has 0 aliphatic heterocycles. The molecule has 0 radical (unpaired) electrons. The molecule has 0 saturated carbocycles. The maximum absolute atomic E-state index is 10.9. The lowest BCUT2D eigenvalue weighted by Crippen LogP contribution is -2.33. The molecular weight excluding hydrogens is 261 g/mol. The van der Waals surface area contributed by atoms with Crippen LogP contribution in [0.1, 0.15) is 6.92 Å². The molecular formula is C8H8Cl3NOSi. The monoisotopic (exact) mass is 267 g/mol. The van der Waals surface area contributed by atoms with E-state index in [-0.39, 0.29) is 5.91 Å². The molecule has 14 heavy (non-hydrogen) atoms. The molecule has 76 valence electrons. The molecule has 0 aromatic heterocycles. The molecule has 2 nitrogen and oxygen atoms in total. The average Bonchev–Trinajstić information content (AvgIpc) is 2.01. The van der Waals surface area contributed by atoms with Crippen molar-refractivity contribution in [2.24, 2.45) is 0 Å². The maximum atomic E-state index is 10.9. The van der Waals surface area contributed by atoms with Gasteiger partial charge in [0.25, 0.3) is 0 Å². The fraction of sp³-hybridized carbons (Fsp3) is 0.125. The second-order valence-corrected chi connectivity index (χ2v) is 11.1. The Hall–Kier alpha value is -0.223. The third-order valence-electron chi connectivity index (χ3n) is 1.54. The van der Waals surface area contributed by atoms with Gasteiger partial charge in [0, 0.05) is 17.8 Å². The second-order valence-electron chi connectivity index (χ2n) is 2.72. The normalized spacial score (nSPS) is 11.1. The lowest BCUT2D eigenvalue weighted by atomic mass is 10.3. The molecule has 0 aliphatic rings. The summed E-state index contributed by atoms with van der Waals surface area (Å²) in [6.45, 7) is 1.41. The zero-order valence-corrected chi connectivity index (χ0v) is 10.6. The number of carbonyl (C=O) groups is 1. The molecule has 0 heterocycles. The van der Waals surface area contributed by atoms with Crippen molar-refractivity contribution < 1.29 is 4.79 Å². The summed E-state index contributed by atoms with van der Waals surface area (Å²) in [6.07, 6.45) is 0. The van der Waals surface area contributed by atoms with Crippen molar-refractivity contribution in [2.45, 2.75) is 6.92 Å². The van der Waals surface area contributed by atoms with E-state index in [0.717, 1.165) is 0 Å². The Labute approximate surface area is 97.3 Å². The van der Waals surface area contributed by atoms with E-state index in [2.05, 4.69) is 5.32 Å². The number of benzene rings is 1. The van der Waals surface area contributed by atoms with Crippen molar-refractivity contribution in [3.63, 3.8) is 0 Å². The van der Waals surface area contributed by atoms with E-state index in [0.29, 0.717) is 10.9 Å². The van der Waals surface area contributed by atoms with Crippen LogP contribution < -0.4 is 10.5 Å². The largest absolute Gasteiger partial charge is 0.375 e. The lowest BCUT2D eigenvalue weighted by molar-refractivity contribution is -0.114. The molecule has 0 aliphatic carbocycles. The quantitative estimate of drug-likeness (QED) is 0.648. The van der Waals surface area contributed by atoms with Gasteiger partial charge >= 0.3 is 6.00 Å². The number of para-hydroxylation sites is 1. The summed E-state index contributed by atoms with van der Waals surface area (Å²) in [7, 11) is 0. The van der Waals surface area contributed by atoms with Gasteiger partial charge < -0.3 is 5.32 Å². The summed E-state index contributed by atoms with van der Waals surface area (Å²) < 4.78 is 0. The van der Waals surface area contributed by atoms with Gasteiger partial charge in [-0.2, -0.15) is 0 Å². The SMILES string of the molecule is CC(=O)Nc1ccccc1[Si](Cl)(Cl)Cl. The van der Waals surface area contributed by atoms with Crippen LogP contribution in [-0.4, -0.2) is 11.9 Å². The number of halogens is 3. The number of anilines is 1. The van der Waals surface area contributed by atoms with E-state index >= 15 is 0 Å². The van der Waals surface area contributed by atoms with Crippen LogP contribution >= 0.6 is 33.2 Å². The Balaban J connectivity index is 3.10. The number of carbonyl (C=O) groups excluding carboxylic acids is 1. The maximum Gasteiger partial charge on any atom is 0.375 e. The molecule has 1 aromatic rings. The van der Waals surface area contributed by atoms with Gasteiger partial charge in [-0.05, 0) is 6.07 Å². The summed E-state index contributed by atoms with van der Waals surface area (Å²) in [6, 6.07) is 4.03. The highest BCUT2D eigenvalue weighted by atomic mass is 35.8. The predicted octanol–water partition coefficient (Wildman–Crippen LogP) is 2.51. The first kappa shape index (κ1) is 11.8. The summed E-state index contributed by atoms with van der Waals surface area (Å²) in [5, 5.41) is 3.22. The van der Waals surface area contributed by atoms with Crippen molar-refractivity contribution in [3.8, 4) is 0 Å². The van der Waals surface area contributed by atoms with Crippen LogP contribution in [-0.2, 0) is 4.79 Å². The first-order chi connectivity index (χ1) is 6.41. The summed E-state index contributed by atoms with van der Waals surface area (Å²) in [5.41, 5.74) is 0.576.